The second kappa shape index (κ2) is 10.1. The zero-order chi connectivity index (χ0) is 24.2. The monoisotopic (exact) mass is 464 g/mol. The summed E-state index contributed by atoms with van der Waals surface area (Å²) in [6, 6.07) is 18.0. The topological polar surface area (TPSA) is 97.9 Å². The van der Waals surface area contributed by atoms with Crippen LogP contribution in [0.1, 0.15) is 26.3 Å². The SMILES string of the molecule is CCOC1[C@H](OC(C)=O)[C@@H](OC(C)=O)C(=O)N1CCc1c(-c2ccccc2)[nH]c2ccccc12. The first-order chi connectivity index (χ1) is 16.4. The Morgan fingerprint density at radius 2 is 1.65 bits per heavy atom. The summed E-state index contributed by atoms with van der Waals surface area (Å²) < 4.78 is 16.4. The van der Waals surface area contributed by atoms with Gasteiger partial charge < -0.3 is 24.1 Å². The summed E-state index contributed by atoms with van der Waals surface area (Å²) in [7, 11) is 0. The second-order valence-corrected chi connectivity index (χ2v) is 8.12. The number of aromatic nitrogens is 1. The molecule has 0 saturated carbocycles. The fraction of sp³-hybridized carbons (Fsp3) is 0.346. The predicted molar refractivity (Wildman–Crippen MR) is 126 cm³/mol. The van der Waals surface area contributed by atoms with Crippen LogP contribution >= 0.6 is 0 Å². The summed E-state index contributed by atoms with van der Waals surface area (Å²) in [4.78, 5) is 41.7. The molecule has 0 spiro atoms. The first kappa shape index (κ1) is 23.5. The Kier molecular flexibility index (Phi) is 6.98. The summed E-state index contributed by atoms with van der Waals surface area (Å²) >= 11 is 0. The van der Waals surface area contributed by atoms with Gasteiger partial charge in [0.1, 0.15) is 0 Å². The van der Waals surface area contributed by atoms with Gasteiger partial charge in [0.15, 0.2) is 12.3 Å². The summed E-state index contributed by atoms with van der Waals surface area (Å²) in [6.07, 6.45) is -2.61. The van der Waals surface area contributed by atoms with Crippen molar-refractivity contribution in [2.45, 2.75) is 45.6 Å². The number of hydrogen-bond donors (Lipinski definition) is 1. The Labute approximate surface area is 197 Å². The quantitative estimate of drug-likeness (QED) is 0.513. The lowest BCUT2D eigenvalue weighted by Gasteiger charge is -2.27. The summed E-state index contributed by atoms with van der Waals surface area (Å²) in [5.74, 6) is -1.65. The molecule has 2 heterocycles. The van der Waals surface area contributed by atoms with Crippen LogP contribution in [0.25, 0.3) is 22.2 Å². The second-order valence-electron chi connectivity index (χ2n) is 8.12. The van der Waals surface area contributed by atoms with Gasteiger partial charge in [-0.25, -0.2) is 0 Å². The van der Waals surface area contributed by atoms with Gasteiger partial charge >= 0.3 is 11.9 Å². The van der Waals surface area contributed by atoms with E-state index in [-0.39, 0.29) is 0 Å². The van der Waals surface area contributed by atoms with Gasteiger partial charge in [0.05, 0.1) is 0 Å². The first-order valence-corrected chi connectivity index (χ1v) is 11.3. The van der Waals surface area contributed by atoms with Crippen LogP contribution in [0, 0.1) is 0 Å². The molecular formula is C26H28N2O6. The number of fused-ring (bicyclic) bond motifs is 1. The minimum Gasteiger partial charge on any atom is -0.453 e. The average Bonchev–Trinajstić information content (AvgIpc) is 3.29. The molecule has 4 rings (SSSR count). The number of nitrogens with one attached hydrogen (secondary N) is 1. The van der Waals surface area contributed by atoms with Crippen LogP contribution in [-0.2, 0) is 35.0 Å². The summed E-state index contributed by atoms with van der Waals surface area (Å²) in [6.45, 7) is 4.84. The molecule has 3 aromatic rings. The zero-order valence-corrected chi connectivity index (χ0v) is 19.4. The van der Waals surface area contributed by atoms with Crippen molar-refractivity contribution in [3.05, 3.63) is 60.2 Å². The molecule has 1 unspecified atom stereocenters. The zero-order valence-electron chi connectivity index (χ0n) is 19.4. The maximum atomic E-state index is 13.3. The molecule has 3 atom stereocenters. The van der Waals surface area contributed by atoms with E-state index in [1.54, 1.807) is 6.92 Å². The number of nitrogens with zero attached hydrogens (tertiary/aromatic N) is 1. The number of hydrogen-bond acceptors (Lipinski definition) is 6. The highest BCUT2D eigenvalue weighted by atomic mass is 16.6. The molecule has 1 amide bonds. The Morgan fingerprint density at radius 3 is 2.32 bits per heavy atom. The number of likely N-dealkylation sites (tertiary alicyclic amines) is 1. The van der Waals surface area contributed by atoms with Gasteiger partial charge in [0.2, 0.25) is 6.10 Å². The highest BCUT2D eigenvalue weighted by Gasteiger charge is 2.53. The molecule has 2 aromatic carbocycles. The van der Waals surface area contributed by atoms with Crippen LogP contribution in [0.3, 0.4) is 0 Å². The van der Waals surface area contributed by atoms with E-state index in [1.165, 1.54) is 18.7 Å². The Balaban J connectivity index is 1.67. The van der Waals surface area contributed by atoms with E-state index in [0.717, 1.165) is 27.7 Å². The molecule has 0 bridgehead atoms. The number of amides is 1. The van der Waals surface area contributed by atoms with Crippen molar-refractivity contribution in [1.82, 2.24) is 9.88 Å². The minimum absolute atomic E-state index is 0.292. The van der Waals surface area contributed by atoms with Crippen LogP contribution in [0.15, 0.2) is 54.6 Å². The number of esters is 2. The van der Waals surface area contributed by atoms with E-state index >= 15 is 0 Å². The Hall–Kier alpha value is -3.65. The first-order valence-electron chi connectivity index (χ1n) is 11.3. The van der Waals surface area contributed by atoms with Gasteiger partial charge in [-0.1, -0.05) is 48.5 Å². The third-order valence-corrected chi connectivity index (χ3v) is 5.82. The van der Waals surface area contributed by atoms with Crippen LogP contribution in [0.5, 0.6) is 0 Å². The smallest absolute Gasteiger partial charge is 0.303 e. The van der Waals surface area contributed by atoms with E-state index < -0.39 is 36.3 Å². The number of aromatic amines is 1. The maximum absolute atomic E-state index is 13.3. The summed E-state index contributed by atoms with van der Waals surface area (Å²) in [5, 5.41) is 1.06. The van der Waals surface area contributed by atoms with Crippen molar-refractivity contribution in [3.8, 4) is 11.3 Å². The highest BCUT2D eigenvalue weighted by Crippen LogP contribution is 2.32. The lowest BCUT2D eigenvalue weighted by atomic mass is 10.0. The van der Waals surface area contributed by atoms with Crippen LogP contribution < -0.4 is 0 Å². The number of benzene rings is 2. The van der Waals surface area contributed by atoms with Gasteiger partial charge in [-0.2, -0.15) is 0 Å². The number of para-hydroxylation sites is 1. The third kappa shape index (κ3) is 4.68. The molecule has 1 aliphatic heterocycles. The van der Waals surface area contributed by atoms with Crippen LogP contribution in [0.2, 0.25) is 0 Å². The fourth-order valence-electron chi connectivity index (χ4n) is 4.50. The summed E-state index contributed by atoms with van der Waals surface area (Å²) in [5.41, 5.74) is 4.08. The van der Waals surface area contributed by atoms with E-state index in [4.69, 9.17) is 14.2 Å². The van der Waals surface area contributed by atoms with Gasteiger partial charge in [-0.15, -0.1) is 0 Å². The molecule has 1 N–H and O–H groups in total. The molecule has 0 aliphatic carbocycles. The minimum atomic E-state index is -1.24. The lowest BCUT2D eigenvalue weighted by Crippen LogP contribution is -2.42. The van der Waals surface area contributed by atoms with Crippen LogP contribution in [-0.4, -0.2) is 59.3 Å². The number of H-pyrrole nitrogens is 1. The van der Waals surface area contributed by atoms with E-state index in [9.17, 15) is 14.4 Å². The van der Waals surface area contributed by atoms with Crippen LogP contribution in [0.4, 0.5) is 0 Å². The molecule has 178 valence electrons. The fourth-order valence-corrected chi connectivity index (χ4v) is 4.50. The molecule has 0 radical (unpaired) electrons. The van der Waals surface area contributed by atoms with E-state index in [2.05, 4.69) is 4.98 Å². The maximum Gasteiger partial charge on any atom is 0.303 e. The van der Waals surface area contributed by atoms with E-state index in [1.807, 2.05) is 54.6 Å². The van der Waals surface area contributed by atoms with Gasteiger partial charge in [0, 0.05) is 43.6 Å². The molecular weight excluding hydrogens is 436 g/mol. The molecule has 8 nitrogen and oxygen atoms in total. The Bertz CT molecular complexity index is 1190. The van der Waals surface area contributed by atoms with Crippen molar-refractivity contribution >= 4 is 28.7 Å². The van der Waals surface area contributed by atoms with Crippen molar-refractivity contribution in [2.75, 3.05) is 13.2 Å². The number of ether oxygens (including phenoxy) is 3. The molecule has 34 heavy (non-hydrogen) atoms. The molecule has 1 fully saturated rings. The van der Waals surface area contributed by atoms with Crippen molar-refractivity contribution in [1.29, 1.82) is 0 Å². The van der Waals surface area contributed by atoms with Gasteiger partial charge in [0.25, 0.3) is 5.91 Å². The standard InChI is InChI=1S/C26H28N2O6/c1-4-32-26-24(34-17(3)30)23(33-16(2)29)25(31)28(26)15-14-20-19-12-8-9-13-21(19)27-22(20)18-10-6-5-7-11-18/h5-13,23-24,26-27H,4,14-15H2,1-3H3/t23-,24-,26?/m1/s1. The van der Waals surface area contributed by atoms with Crippen molar-refractivity contribution < 1.29 is 28.6 Å². The number of carbonyl (C=O) groups excluding carboxylic acids is 3. The highest BCUT2D eigenvalue weighted by molar-refractivity contribution is 5.91. The number of carbonyl (C=O) groups is 3. The van der Waals surface area contributed by atoms with Gasteiger partial charge in [-0.05, 0) is 30.5 Å². The normalized spacial score (nSPS) is 20.0. The largest absolute Gasteiger partial charge is 0.453 e. The predicted octanol–water partition coefficient (Wildman–Crippen LogP) is 3.45. The average molecular weight is 465 g/mol. The molecule has 8 heteroatoms. The third-order valence-electron chi connectivity index (χ3n) is 5.82. The lowest BCUT2D eigenvalue weighted by molar-refractivity contribution is -0.173. The molecule has 1 saturated heterocycles. The van der Waals surface area contributed by atoms with Gasteiger partial charge in [-0.3, -0.25) is 14.4 Å². The molecule has 1 aliphatic rings. The Morgan fingerprint density at radius 1 is 0.971 bits per heavy atom. The molecule has 1 aromatic heterocycles. The van der Waals surface area contributed by atoms with Crippen molar-refractivity contribution in [2.24, 2.45) is 0 Å². The van der Waals surface area contributed by atoms with E-state index in [0.29, 0.717) is 19.6 Å². The van der Waals surface area contributed by atoms with Crippen molar-refractivity contribution in [3.63, 3.8) is 0 Å². The number of rotatable bonds is 8.